The molecule has 0 atom stereocenters. The van der Waals surface area contributed by atoms with Gasteiger partial charge in [0.15, 0.2) is 0 Å². The molecule has 7 nitrogen and oxygen atoms in total. The van der Waals surface area contributed by atoms with E-state index in [0.717, 1.165) is 5.69 Å². The molecule has 1 saturated heterocycles. The van der Waals surface area contributed by atoms with Crippen molar-refractivity contribution >= 4 is 32.5 Å². The van der Waals surface area contributed by atoms with Gasteiger partial charge in [0.05, 0.1) is 9.79 Å². The summed E-state index contributed by atoms with van der Waals surface area (Å²) in [4.78, 5) is 16.2. The van der Waals surface area contributed by atoms with Gasteiger partial charge in [-0.1, -0.05) is 6.07 Å². The second kappa shape index (κ2) is 8.37. The van der Waals surface area contributed by atoms with Gasteiger partial charge in [-0.05, 0) is 57.2 Å². The third kappa shape index (κ3) is 4.68. The summed E-state index contributed by atoms with van der Waals surface area (Å²) in [6.45, 7) is 7.57. The molecule has 0 saturated carbocycles. The van der Waals surface area contributed by atoms with Crippen molar-refractivity contribution in [3.8, 4) is 0 Å². The summed E-state index contributed by atoms with van der Waals surface area (Å²) in [5.74, 6) is -0.484. The van der Waals surface area contributed by atoms with Crippen LogP contribution in [0.15, 0.2) is 58.5 Å². The number of benzene rings is 2. The molecule has 4 rings (SSSR count). The number of hydrogen-bond acceptors (Lipinski definition) is 5. The van der Waals surface area contributed by atoms with E-state index in [1.807, 2.05) is 31.7 Å². The topological polar surface area (TPSA) is 71.9 Å². The third-order valence-corrected chi connectivity index (χ3v) is 7.41. The molecule has 2 aromatic carbocycles. The van der Waals surface area contributed by atoms with E-state index in [2.05, 4.69) is 0 Å². The number of fused-ring (bicyclic) bond motifs is 1. The van der Waals surface area contributed by atoms with Gasteiger partial charge in [-0.25, -0.2) is 17.6 Å². The van der Waals surface area contributed by atoms with Crippen molar-refractivity contribution < 1.29 is 22.3 Å². The minimum absolute atomic E-state index is 0.0754. The lowest BCUT2D eigenvalue weighted by Gasteiger charge is -2.36. The molecule has 176 valence electrons. The molecule has 0 aliphatic carbocycles. The predicted molar refractivity (Wildman–Crippen MR) is 125 cm³/mol. The Labute approximate surface area is 193 Å². The van der Waals surface area contributed by atoms with Crippen LogP contribution in [0.1, 0.15) is 20.8 Å². The highest BCUT2D eigenvalue weighted by molar-refractivity contribution is 7.91. The van der Waals surface area contributed by atoms with Crippen molar-refractivity contribution in [3.63, 3.8) is 0 Å². The highest BCUT2D eigenvalue weighted by Crippen LogP contribution is 2.32. The minimum atomic E-state index is -3.87. The number of rotatable bonds is 3. The second-order valence-electron chi connectivity index (χ2n) is 9.22. The molecular weight excluding hydrogens is 445 g/mol. The molecule has 0 bridgehead atoms. The smallest absolute Gasteiger partial charge is 0.410 e. The van der Waals surface area contributed by atoms with Crippen LogP contribution in [0.25, 0.3) is 10.9 Å². The minimum Gasteiger partial charge on any atom is -0.444 e. The Balaban J connectivity index is 1.57. The predicted octanol–water partition coefficient (Wildman–Crippen LogP) is 4.21. The fourth-order valence-electron chi connectivity index (χ4n) is 3.99. The van der Waals surface area contributed by atoms with Crippen molar-refractivity contribution in [1.29, 1.82) is 0 Å². The number of carbonyl (C=O) groups excluding carboxylic acids is 1. The van der Waals surface area contributed by atoms with E-state index in [1.165, 1.54) is 18.3 Å². The average Bonchev–Trinajstić information content (AvgIpc) is 3.09. The van der Waals surface area contributed by atoms with Crippen LogP contribution in [0.3, 0.4) is 0 Å². The van der Waals surface area contributed by atoms with E-state index in [-0.39, 0.29) is 15.9 Å². The van der Waals surface area contributed by atoms with Gasteiger partial charge < -0.3 is 19.1 Å². The Morgan fingerprint density at radius 1 is 1.03 bits per heavy atom. The van der Waals surface area contributed by atoms with Crippen LogP contribution in [-0.2, 0) is 21.6 Å². The lowest BCUT2D eigenvalue weighted by atomic mass is 10.2. The molecule has 1 aromatic heterocycles. The molecule has 0 N–H and O–H groups in total. The van der Waals surface area contributed by atoms with Gasteiger partial charge in [0, 0.05) is 56.0 Å². The van der Waals surface area contributed by atoms with Gasteiger partial charge in [0.2, 0.25) is 9.84 Å². The van der Waals surface area contributed by atoms with E-state index in [1.54, 1.807) is 40.8 Å². The van der Waals surface area contributed by atoms with Crippen LogP contribution >= 0.6 is 0 Å². The van der Waals surface area contributed by atoms with Crippen molar-refractivity contribution in [2.45, 2.75) is 36.2 Å². The number of amides is 1. The molecule has 0 radical (unpaired) electrons. The number of sulfone groups is 1. The lowest BCUT2D eigenvalue weighted by Crippen LogP contribution is -2.50. The number of anilines is 1. The zero-order chi connectivity index (χ0) is 24.0. The molecule has 33 heavy (non-hydrogen) atoms. The van der Waals surface area contributed by atoms with E-state index in [9.17, 15) is 17.6 Å². The van der Waals surface area contributed by atoms with Crippen LogP contribution < -0.4 is 4.90 Å². The first-order valence-electron chi connectivity index (χ1n) is 10.8. The summed E-state index contributed by atoms with van der Waals surface area (Å²) in [6, 6.07) is 10.9. The fourth-order valence-corrected chi connectivity index (χ4v) is 5.53. The lowest BCUT2D eigenvalue weighted by molar-refractivity contribution is 0.0240. The Morgan fingerprint density at radius 2 is 1.73 bits per heavy atom. The van der Waals surface area contributed by atoms with Crippen molar-refractivity contribution in [3.05, 3.63) is 54.5 Å². The molecule has 1 amide bonds. The van der Waals surface area contributed by atoms with E-state index in [4.69, 9.17) is 4.74 Å². The number of piperazine rings is 1. The zero-order valence-corrected chi connectivity index (χ0v) is 20.0. The van der Waals surface area contributed by atoms with E-state index >= 15 is 0 Å². The van der Waals surface area contributed by atoms with E-state index in [0.29, 0.717) is 37.1 Å². The number of ether oxygens (including phenoxy) is 1. The van der Waals surface area contributed by atoms with Crippen LogP contribution in [0.2, 0.25) is 0 Å². The number of nitrogens with zero attached hydrogens (tertiary/aromatic N) is 3. The molecule has 9 heteroatoms. The molecule has 3 aromatic rings. The summed E-state index contributed by atoms with van der Waals surface area (Å²) in [6.07, 6.45) is 1.17. The number of halogens is 1. The van der Waals surface area contributed by atoms with Crippen LogP contribution in [0.4, 0.5) is 14.9 Å². The summed E-state index contributed by atoms with van der Waals surface area (Å²) >= 11 is 0. The monoisotopic (exact) mass is 473 g/mol. The van der Waals surface area contributed by atoms with Gasteiger partial charge in [0.1, 0.15) is 11.4 Å². The fraction of sp³-hybridized carbons (Fsp3) is 0.375. The normalized spacial score (nSPS) is 15.2. The maximum absolute atomic E-state index is 13.9. The van der Waals surface area contributed by atoms with Gasteiger partial charge in [-0.3, -0.25) is 0 Å². The quantitative estimate of drug-likeness (QED) is 0.570. The first-order valence-corrected chi connectivity index (χ1v) is 12.3. The zero-order valence-electron chi connectivity index (χ0n) is 19.2. The van der Waals surface area contributed by atoms with Crippen molar-refractivity contribution in [2.75, 3.05) is 31.1 Å². The molecule has 0 spiro atoms. The number of aryl methyl sites for hydroxylation is 1. The molecule has 1 fully saturated rings. The maximum atomic E-state index is 13.9. The first-order chi connectivity index (χ1) is 15.5. The molecular formula is C24H28FN3O4S. The maximum Gasteiger partial charge on any atom is 0.410 e. The Bertz CT molecular complexity index is 1300. The second-order valence-corrected chi connectivity index (χ2v) is 11.1. The Morgan fingerprint density at radius 3 is 2.39 bits per heavy atom. The van der Waals surface area contributed by atoms with Crippen LogP contribution in [0.5, 0.6) is 0 Å². The molecule has 1 aliphatic rings. The van der Waals surface area contributed by atoms with E-state index < -0.39 is 21.3 Å². The van der Waals surface area contributed by atoms with Crippen LogP contribution in [-0.4, -0.2) is 55.8 Å². The standard InChI is InChI=1S/C24H28FN3O4S/c1-24(2,3)32-23(29)28-12-10-27(11-13-28)18-6-5-7-19(15-18)33(30,31)22-16-26(4)21-9-8-17(25)14-20(21)22/h5-9,14-16H,10-13H2,1-4H3. The van der Waals surface area contributed by atoms with Crippen molar-refractivity contribution in [2.24, 2.45) is 7.05 Å². The highest BCUT2D eigenvalue weighted by Gasteiger charge is 2.27. The van der Waals surface area contributed by atoms with Gasteiger partial charge in [-0.15, -0.1) is 0 Å². The Hall–Kier alpha value is -3.07. The van der Waals surface area contributed by atoms with Crippen LogP contribution in [0, 0.1) is 5.82 Å². The largest absolute Gasteiger partial charge is 0.444 e. The van der Waals surface area contributed by atoms with Gasteiger partial charge in [0.25, 0.3) is 0 Å². The molecule has 0 unspecified atom stereocenters. The summed E-state index contributed by atoms with van der Waals surface area (Å²) in [7, 11) is -2.13. The number of aromatic nitrogens is 1. The summed E-state index contributed by atoms with van der Waals surface area (Å²) in [5.41, 5.74) is 0.845. The number of carbonyl (C=O) groups is 1. The SMILES string of the molecule is Cn1cc(S(=O)(=O)c2cccc(N3CCN(C(=O)OC(C)(C)C)CC3)c2)c2cc(F)ccc21. The highest BCUT2D eigenvalue weighted by atomic mass is 32.2. The summed E-state index contributed by atoms with van der Waals surface area (Å²) in [5, 5.41) is 0.355. The molecule has 1 aliphatic heterocycles. The van der Waals surface area contributed by atoms with Gasteiger partial charge in [-0.2, -0.15) is 0 Å². The van der Waals surface area contributed by atoms with Crippen molar-refractivity contribution in [1.82, 2.24) is 9.47 Å². The number of hydrogen-bond donors (Lipinski definition) is 0. The molecule has 2 heterocycles. The third-order valence-electron chi connectivity index (χ3n) is 5.63. The van der Waals surface area contributed by atoms with Gasteiger partial charge >= 0.3 is 6.09 Å². The average molecular weight is 474 g/mol. The summed E-state index contributed by atoms with van der Waals surface area (Å²) < 4.78 is 47.9. The Kier molecular flexibility index (Phi) is 5.86. The first kappa shape index (κ1) is 23.1.